The molecule has 1 aromatic carbocycles. The van der Waals surface area contributed by atoms with Crippen LogP contribution in [0.3, 0.4) is 0 Å². The average Bonchev–Trinajstić information content (AvgIpc) is 3.27. The number of hydrogen-bond donors (Lipinski definition) is 0. The van der Waals surface area contributed by atoms with Gasteiger partial charge in [-0.15, -0.1) is 0 Å². The van der Waals surface area contributed by atoms with Crippen molar-refractivity contribution >= 4 is 5.91 Å². The first-order chi connectivity index (χ1) is 15.1. The van der Waals surface area contributed by atoms with Crippen molar-refractivity contribution < 1.29 is 18.8 Å². The van der Waals surface area contributed by atoms with Gasteiger partial charge in [-0.1, -0.05) is 5.16 Å². The molecule has 0 spiro atoms. The molecule has 1 unspecified atom stereocenters. The van der Waals surface area contributed by atoms with Crippen molar-refractivity contribution in [1.82, 2.24) is 19.9 Å². The van der Waals surface area contributed by atoms with E-state index in [0.717, 1.165) is 50.9 Å². The third kappa shape index (κ3) is 4.84. The zero-order valence-electron chi connectivity index (χ0n) is 18.7. The minimum Gasteiger partial charge on any atom is -0.493 e. The summed E-state index contributed by atoms with van der Waals surface area (Å²) in [5, 5.41) is 4.13. The first-order valence-electron chi connectivity index (χ1n) is 11.2. The lowest BCUT2D eigenvalue weighted by Gasteiger charge is -2.38. The fraction of sp³-hybridized carbons (Fsp3) is 0.609. The molecule has 8 heteroatoms. The van der Waals surface area contributed by atoms with Crippen LogP contribution < -0.4 is 9.47 Å². The van der Waals surface area contributed by atoms with Crippen molar-refractivity contribution in [2.45, 2.75) is 51.6 Å². The molecule has 2 aliphatic heterocycles. The van der Waals surface area contributed by atoms with Gasteiger partial charge < -0.3 is 18.9 Å². The molecule has 0 radical (unpaired) electrons. The van der Waals surface area contributed by atoms with E-state index in [1.807, 2.05) is 18.2 Å². The standard InChI is InChI=1S/C23H32N4O4/c1-16-6-4-5-11-27(16)23(28)17-9-12-26(13-10-17)15-21-24-22(25-31-21)18-7-8-19(29-2)20(14-18)30-3/h7-8,14,16-17H,4-6,9-13,15H2,1-3H3. The number of aromatic nitrogens is 2. The number of piperidine rings is 2. The Kier molecular flexibility index (Phi) is 6.75. The van der Waals surface area contributed by atoms with Gasteiger partial charge in [0.25, 0.3) is 0 Å². The lowest BCUT2D eigenvalue weighted by Crippen LogP contribution is -2.47. The molecule has 8 nitrogen and oxygen atoms in total. The molecular weight excluding hydrogens is 396 g/mol. The van der Waals surface area contributed by atoms with Gasteiger partial charge in [-0.05, 0) is 70.3 Å². The van der Waals surface area contributed by atoms with E-state index in [1.54, 1.807) is 14.2 Å². The summed E-state index contributed by atoms with van der Waals surface area (Å²) in [6.07, 6.45) is 5.27. The quantitative estimate of drug-likeness (QED) is 0.698. The Hall–Kier alpha value is -2.61. The maximum atomic E-state index is 12.9. The number of carbonyl (C=O) groups excluding carboxylic acids is 1. The first-order valence-corrected chi connectivity index (χ1v) is 11.2. The molecule has 1 amide bonds. The number of amides is 1. The minimum absolute atomic E-state index is 0.141. The second-order valence-electron chi connectivity index (χ2n) is 8.51. The van der Waals surface area contributed by atoms with E-state index in [4.69, 9.17) is 14.0 Å². The highest BCUT2D eigenvalue weighted by Gasteiger charge is 2.32. The number of rotatable bonds is 6. The van der Waals surface area contributed by atoms with Gasteiger partial charge in [0.05, 0.1) is 20.8 Å². The summed E-state index contributed by atoms with van der Waals surface area (Å²) in [5.74, 6) is 2.88. The third-order valence-electron chi connectivity index (χ3n) is 6.49. The van der Waals surface area contributed by atoms with Crippen LogP contribution in [0.5, 0.6) is 11.5 Å². The number of methoxy groups -OCH3 is 2. The van der Waals surface area contributed by atoms with Gasteiger partial charge in [0.1, 0.15) is 0 Å². The average molecular weight is 429 g/mol. The summed E-state index contributed by atoms with van der Waals surface area (Å²) in [6.45, 7) is 5.43. The summed E-state index contributed by atoms with van der Waals surface area (Å²) >= 11 is 0. The molecule has 2 saturated heterocycles. The number of nitrogens with zero attached hydrogens (tertiary/aromatic N) is 4. The van der Waals surface area contributed by atoms with Crippen molar-refractivity contribution in [3.63, 3.8) is 0 Å². The highest BCUT2D eigenvalue weighted by molar-refractivity contribution is 5.79. The molecular formula is C23H32N4O4. The van der Waals surface area contributed by atoms with Gasteiger partial charge in [0, 0.05) is 24.1 Å². The summed E-state index contributed by atoms with van der Waals surface area (Å²) in [7, 11) is 3.21. The number of benzene rings is 1. The smallest absolute Gasteiger partial charge is 0.241 e. The van der Waals surface area contributed by atoms with Crippen LogP contribution in [-0.4, -0.2) is 65.7 Å². The van der Waals surface area contributed by atoms with Crippen LogP contribution in [0.25, 0.3) is 11.4 Å². The van der Waals surface area contributed by atoms with Gasteiger partial charge >= 0.3 is 0 Å². The lowest BCUT2D eigenvalue weighted by molar-refractivity contribution is -0.140. The molecule has 0 saturated carbocycles. The van der Waals surface area contributed by atoms with Crippen LogP contribution in [0.1, 0.15) is 44.9 Å². The molecule has 0 aliphatic carbocycles. The van der Waals surface area contributed by atoms with Crippen molar-refractivity contribution in [2.75, 3.05) is 33.9 Å². The van der Waals surface area contributed by atoms with E-state index in [2.05, 4.69) is 26.9 Å². The van der Waals surface area contributed by atoms with E-state index in [9.17, 15) is 4.79 Å². The molecule has 2 aliphatic rings. The Morgan fingerprint density at radius 2 is 1.87 bits per heavy atom. The molecule has 1 atom stereocenters. The Morgan fingerprint density at radius 3 is 2.58 bits per heavy atom. The van der Waals surface area contributed by atoms with Crippen molar-refractivity contribution in [1.29, 1.82) is 0 Å². The molecule has 168 valence electrons. The van der Waals surface area contributed by atoms with E-state index < -0.39 is 0 Å². The maximum absolute atomic E-state index is 12.9. The van der Waals surface area contributed by atoms with Gasteiger partial charge in [-0.25, -0.2) is 0 Å². The van der Waals surface area contributed by atoms with E-state index >= 15 is 0 Å². The molecule has 0 N–H and O–H groups in total. The number of hydrogen-bond acceptors (Lipinski definition) is 7. The Balaban J connectivity index is 1.32. The van der Waals surface area contributed by atoms with Crippen molar-refractivity contribution in [3.05, 3.63) is 24.1 Å². The van der Waals surface area contributed by atoms with E-state index in [0.29, 0.717) is 41.7 Å². The predicted molar refractivity (Wildman–Crippen MR) is 116 cm³/mol. The summed E-state index contributed by atoms with van der Waals surface area (Å²) < 4.78 is 16.1. The Bertz CT molecular complexity index is 891. The summed E-state index contributed by atoms with van der Waals surface area (Å²) in [4.78, 5) is 21.9. The van der Waals surface area contributed by atoms with E-state index in [-0.39, 0.29) is 5.92 Å². The summed E-state index contributed by atoms with van der Waals surface area (Å²) in [5.41, 5.74) is 0.813. The van der Waals surface area contributed by atoms with Crippen LogP contribution in [0, 0.1) is 5.92 Å². The maximum Gasteiger partial charge on any atom is 0.241 e. The Morgan fingerprint density at radius 1 is 1.10 bits per heavy atom. The fourth-order valence-electron chi connectivity index (χ4n) is 4.60. The van der Waals surface area contributed by atoms with Crippen molar-refractivity contribution in [3.8, 4) is 22.9 Å². The van der Waals surface area contributed by atoms with Crippen LogP contribution in [0.2, 0.25) is 0 Å². The van der Waals surface area contributed by atoms with Crippen LogP contribution in [0.15, 0.2) is 22.7 Å². The fourth-order valence-corrected chi connectivity index (χ4v) is 4.60. The third-order valence-corrected chi connectivity index (χ3v) is 6.49. The SMILES string of the molecule is COc1ccc(-c2noc(CN3CCC(C(=O)N4CCCCC4C)CC3)n2)cc1OC. The monoisotopic (exact) mass is 428 g/mol. The number of likely N-dealkylation sites (tertiary alicyclic amines) is 2. The molecule has 0 bridgehead atoms. The number of carbonyl (C=O) groups is 1. The topological polar surface area (TPSA) is 80.9 Å². The number of ether oxygens (including phenoxy) is 2. The zero-order valence-corrected chi connectivity index (χ0v) is 18.7. The Labute approximate surface area is 183 Å². The second kappa shape index (κ2) is 9.68. The van der Waals surface area contributed by atoms with Gasteiger partial charge in [-0.3, -0.25) is 9.69 Å². The van der Waals surface area contributed by atoms with Gasteiger partial charge in [0.15, 0.2) is 11.5 Å². The normalized spacial score (nSPS) is 20.6. The van der Waals surface area contributed by atoms with Crippen LogP contribution in [-0.2, 0) is 11.3 Å². The molecule has 2 aromatic rings. The molecule has 31 heavy (non-hydrogen) atoms. The van der Waals surface area contributed by atoms with Gasteiger partial charge in [0.2, 0.25) is 17.6 Å². The molecule has 3 heterocycles. The highest BCUT2D eigenvalue weighted by Crippen LogP contribution is 2.31. The van der Waals surface area contributed by atoms with Crippen LogP contribution >= 0.6 is 0 Å². The largest absolute Gasteiger partial charge is 0.493 e. The molecule has 1 aromatic heterocycles. The summed E-state index contributed by atoms with van der Waals surface area (Å²) in [6, 6.07) is 5.93. The van der Waals surface area contributed by atoms with Crippen LogP contribution in [0.4, 0.5) is 0 Å². The van der Waals surface area contributed by atoms with Gasteiger partial charge in [-0.2, -0.15) is 4.98 Å². The predicted octanol–water partition coefficient (Wildman–Crippen LogP) is 3.37. The van der Waals surface area contributed by atoms with E-state index in [1.165, 1.54) is 6.42 Å². The molecule has 4 rings (SSSR count). The second-order valence-corrected chi connectivity index (χ2v) is 8.51. The minimum atomic E-state index is 0.141. The molecule has 2 fully saturated rings. The lowest BCUT2D eigenvalue weighted by atomic mass is 9.93. The highest BCUT2D eigenvalue weighted by atomic mass is 16.5. The first kappa shape index (κ1) is 21.6. The zero-order chi connectivity index (χ0) is 21.8. The van der Waals surface area contributed by atoms with Crippen molar-refractivity contribution in [2.24, 2.45) is 5.92 Å².